The third kappa shape index (κ3) is 2.50. The largest absolute Gasteiger partial charge is 0.346 e. The number of aryl methyl sites for hydroxylation is 1. The number of nitrogens with zero attached hydrogens (tertiary/aromatic N) is 2. The van der Waals surface area contributed by atoms with Crippen molar-refractivity contribution in [1.29, 1.82) is 0 Å². The number of fused-ring (bicyclic) bond motifs is 1. The number of carbonyl (C=O) groups excluding carboxylic acids is 1. The number of hydrogen-bond donors (Lipinski definition) is 1. The zero-order valence-electron chi connectivity index (χ0n) is 11.5. The molecule has 2 aromatic heterocycles. The number of rotatable bonds is 3. The summed E-state index contributed by atoms with van der Waals surface area (Å²) in [5.74, 6) is -0.955. The van der Waals surface area contributed by atoms with Crippen LogP contribution in [0.15, 0.2) is 48.7 Å². The summed E-state index contributed by atoms with van der Waals surface area (Å²) in [5.41, 5.74) is 2.60. The van der Waals surface area contributed by atoms with Crippen LogP contribution < -0.4 is 5.32 Å². The number of pyridine rings is 1. The molecule has 1 aromatic carbocycles. The molecule has 0 spiro atoms. The highest BCUT2D eigenvalue weighted by Crippen LogP contribution is 2.12. The molecular weight excluding hydrogens is 269 g/mol. The lowest BCUT2D eigenvalue weighted by molar-refractivity contribution is 0.0946. The second kappa shape index (κ2) is 5.36. The lowest BCUT2D eigenvalue weighted by Gasteiger charge is -2.07. The first-order valence-electron chi connectivity index (χ1n) is 6.62. The Hall–Kier alpha value is -2.69. The SMILES string of the molecule is Cc1nc2ccccn2c1CNC(=O)c1ccccc1F. The van der Waals surface area contributed by atoms with Crippen molar-refractivity contribution in [1.82, 2.24) is 14.7 Å². The van der Waals surface area contributed by atoms with E-state index in [1.807, 2.05) is 35.7 Å². The minimum atomic E-state index is -0.523. The van der Waals surface area contributed by atoms with Crippen molar-refractivity contribution in [2.45, 2.75) is 13.5 Å². The smallest absolute Gasteiger partial charge is 0.254 e. The average molecular weight is 283 g/mol. The second-order valence-electron chi connectivity index (χ2n) is 4.74. The maximum atomic E-state index is 13.6. The Balaban J connectivity index is 1.82. The molecule has 0 aliphatic carbocycles. The Kier molecular flexibility index (Phi) is 3.39. The summed E-state index contributed by atoms with van der Waals surface area (Å²) >= 11 is 0. The first-order chi connectivity index (χ1) is 10.2. The number of hydrogen-bond acceptors (Lipinski definition) is 2. The normalized spacial score (nSPS) is 10.8. The predicted molar refractivity (Wildman–Crippen MR) is 77.5 cm³/mol. The highest BCUT2D eigenvalue weighted by atomic mass is 19.1. The van der Waals surface area contributed by atoms with E-state index in [4.69, 9.17) is 0 Å². The summed E-state index contributed by atoms with van der Waals surface area (Å²) in [4.78, 5) is 16.4. The number of aromatic nitrogens is 2. The molecule has 0 aliphatic heterocycles. The van der Waals surface area contributed by atoms with Crippen LogP contribution in [0.2, 0.25) is 0 Å². The van der Waals surface area contributed by atoms with Gasteiger partial charge in [-0.1, -0.05) is 18.2 Å². The quantitative estimate of drug-likeness (QED) is 0.803. The Morgan fingerprint density at radius 2 is 2.00 bits per heavy atom. The Bertz CT molecular complexity index is 810. The molecule has 0 radical (unpaired) electrons. The van der Waals surface area contributed by atoms with Gasteiger partial charge < -0.3 is 9.72 Å². The van der Waals surface area contributed by atoms with E-state index in [1.54, 1.807) is 12.1 Å². The van der Waals surface area contributed by atoms with Crippen LogP contribution in [0.3, 0.4) is 0 Å². The number of imidazole rings is 1. The van der Waals surface area contributed by atoms with E-state index in [9.17, 15) is 9.18 Å². The molecule has 0 atom stereocenters. The molecule has 0 fully saturated rings. The maximum absolute atomic E-state index is 13.6. The second-order valence-corrected chi connectivity index (χ2v) is 4.74. The predicted octanol–water partition coefficient (Wildman–Crippen LogP) is 2.71. The molecule has 3 aromatic rings. The van der Waals surface area contributed by atoms with Gasteiger partial charge in [0.2, 0.25) is 0 Å². The summed E-state index contributed by atoms with van der Waals surface area (Å²) in [5, 5.41) is 2.74. The molecule has 106 valence electrons. The number of carbonyl (C=O) groups is 1. The lowest BCUT2D eigenvalue weighted by Crippen LogP contribution is -2.24. The van der Waals surface area contributed by atoms with E-state index >= 15 is 0 Å². The van der Waals surface area contributed by atoms with Crippen molar-refractivity contribution < 1.29 is 9.18 Å². The molecule has 0 bridgehead atoms. The number of amides is 1. The van der Waals surface area contributed by atoms with E-state index in [0.717, 1.165) is 17.0 Å². The number of halogens is 1. The number of nitrogens with one attached hydrogen (secondary N) is 1. The van der Waals surface area contributed by atoms with Crippen molar-refractivity contribution in [2.75, 3.05) is 0 Å². The molecule has 0 saturated carbocycles. The Morgan fingerprint density at radius 3 is 2.81 bits per heavy atom. The summed E-state index contributed by atoms with van der Waals surface area (Å²) < 4.78 is 15.5. The van der Waals surface area contributed by atoms with E-state index in [2.05, 4.69) is 10.3 Å². The molecule has 2 heterocycles. The number of benzene rings is 1. The standard InChI is InChI=1S/C16H14FN3O/c1-11-14(20-9-5-4-8-15(20)19-11)10-18-16(21)12-6-2-3-7-13(12)17/h2-9H,10H2,1H3,(H,18,21). The zero-order valence-corrected chi connectivity index (χ0v) is 11.5. The van der Waals surface area contributed by atoms with Crippen molar-refractivity contribution in [3.05, 3.63) is 71.4 Å². The van der Waals surface area contributed by atoms with Gasteiger partial charge in [0.1, 0.15) is 11.5 Å². The molecule has 4 nitrogen and oxygen atoms in total. The molecule has 0 aliphatic rings. The fourth-order valence-electron chi connectivity index (χ4n) is 2.28. The summed E-state index contributed by atoms with van der Waals surface area (Å²) in [6, 6.07) is 11.6. The molecule has 5 heteroatoms. The third-order valence-electron chi connectivity index (χ3n) is 3.36. The minimum Gasteiger partial charge on any atom is -0.346 e. The first kappa shape index (κ1) is 13.3. The third-order valence-corrected chi connectivity index (χ3v) is 3.36. The molecular formula is C16H14FN3O. The maximum Gasteiger partial charge on any atom is 0.254 e. The van der Waals surface area contributed by atoms with Gasteiger partial charge in [-0.3, -0.25) is 4.79 Å². The topological polar surface area (TPSA) is 46.4 Å². The minimum absolute atomic E-state index is 0.0453. The van der Waals surface area contributed by atoms with Gasteiger partial charge in [-0.2, -0.15) is 0 Å². The van der Waals surface area contributed by atoms with Gasteiger partial charge in [-0.05, 0) is 31.2 Å². The summed E-state index contributed by atoms with van der Waals surface area (Å²) in [6.45, 7) is 2.18. The van der Waals surface area contributed by atoms with Gasteiger partial charge in [-0.25, -0.2) is 9.37 Å². The van der Waals surface area contributed by atoms with Crippen molar-refractivity contribution in [2.24, 2.45) is 0 Å². The highest BCUT2D eigenvalue weighted by Gasteiger charge is 2.13. The summed E-state index contributed by atoms with van der Waals surface area (Å²) in [6.07, 6.45) is 1.89. The fourth-order valence-corrected chi connectivity index (χ4v) is 2.28. The van der Waals surface area contributed by atoms with Crippen molar-refractivity contribution >= 4 is 11.6 Å². The van der Waals surface area contributed by atoms with Crippen molar-refractivity contribution in [3.8, 4) is 0 Å². The molecule has 21 heavy (non-hydrogen) atoms. The van der Waals surface area contributed by atoms with Gasteiger partial charge in [0.15, 0.2) is 0 Å². The molecule has 1 amide bonds. The van der Waals surface area contributed by atoms with Gasteiger partial charge in [0, 0.05) is 6.20 Å². The fraction of sp³-hybridized carbons (Fsp3) is 0.125. The van der Waals surface area contributed by atoms with Crippen LogP contribution in [0.5, 0.6) is 0 Å². The van der Waals surface area contributed by atoms with Crippen LogP contribution in [0.4, 0.5) is 4.39 Å². The Morgan fingerprint density at radius 1 is 1.24 bits per heavy atom. The van der Waals surface area contributed by atoms with Crippen LogP contribution in [0.1, 0.15) is 21.7 Å². The van der Waals surface area contributed by atoms with Gasteiger partial charge in [0.05, 0.1) is 23.5 Å². The Labute approximate surface area is 121 Å². The van der Waals surface area contributed by atoms with E-state index in [0.29, 0.717) is 6.54 Å². The van der Waals surface area contributed by atoms with E-state index < -0.39 is 11.7 Å². The summed E-state index contributed by atoms with van der Waals surface area (Å²) in [7, 11) is 0. The lowest BCUT2D eigenvalue weighted by atomic mass is 10.2. The molecule has 1 N–H and O–H groups in total. The van der Waals surface area contributed by atoms with Gasteiger partial charge in [0.25, 0.3) is 5.91 Å². The van der Waals surface area contributed by atoms with E-state index in [1.165, 1.54) is 12.1 Å². The van der Waals surface area contributed by atoms with Crippen molar-refractivity contribution in [3.63, 3.8) is 0 Å². The van der Waals surface area contributed by atoms with Crippen LogP contribution in [0, 0.1) is 12.7 Å². The first-order valence-corrected chi connectivity index (χ1v) is 6.62. The van der Waals surface area contributed by atoms with Gasteiger partial charge in [-0.15, -0.1) is 0 Å². The van der Waals surface area contributed by atoms with Crippen LogP contribution >= 0.6 is 0 Å². The monoisotopic (exact) mass is 283 g/mol. The molecule has 3 rings (SSSR count). The van der Waals surface area contributed by atoms with Crippen LogP contribution in [-0.4, -0.2) is 15.3 Å². The highest BCUT2D eigenvalue weighted by molar-refractivity contribution is 5.94. The average Bonchev–Trinajstić information content (AvgIpc) is 2.81. The zero-order chi connectivity index (χ0) is 14.8. The molecule has 0 unspecified atom stereocenters. The van der Waals surface area contributed by atoms with Crippen LogP contribution in [0.25, 0.3) is 5.65 Å². The molecule has 0 saturated heterocycles. The van der Waals surface area contributed by atoms with E-state index in [-0.39, 0.29) is 5.56 Å². The van der Waals surface area contributed by atoms with Crippen LogP contribution in [-0.2, 0) is 6.54 Å². The van der Waals surface area contributed by atoms with Gasteiger partial charge >= 0.3 is 0 Å².